The Bertz CT molecular complexity index is 513. The summed E-state index contributed by atoms with van der Waals surface area (Å²) in [6.45, 7) is 0. The highest BCUT2D eigenvalue weighted by Crippen LogP contribution is 2.40. The predicted octanol–water partition coefficient (Wildman–Crippen LogP) is 3.89. The van der Waals surface area contributed by atoms with Crippen molar-refractivity contribution in [1.29, 1.82) is 5.26 Å². The van der Waals surface area contributed by atoms with Gasteiger partial charge in [-0.1, -0.05) is 31.4 Å². The van der Waals surface area contributed by atoms with Crippen LogP contribution in [0, 0.1) is 11.3 Å². The molecule has 1 aromatic carbocycles. The molecule has 1 atom stereocenters. The van der Waals surface area contributed by atoms with Crippen molar-refractivity contribution in [3.05, 3.63) is 29.8 Å². The summed E-state index contributed by atoms with van der Waals surface area (Å²) in [5.41, 5.74) is -0.587. The molecule has 114 valence electrons. The highest BCUT2D eigenvalue weighted by Gasteiger charge is 2.39. The summed E-state index contributed by atoms with van der Waals surface area (Å²) < 4.78 is 40.1. The van der Waals surface area contributed by atoms with Gasteiger partial charge in [-0.25, -0.2) is 0 Å². The van der Waals surface area contributed by atoms with Crippen LogP contribution in [0.25, 0.3) is 0 Å². The van der Waals surface area contributed by atoms with Gasteiger partial charge in [0.2, 0.25) is 0 Å². The van der Waals surface area contributed by atoms with Crippen LogP contribution in [0.4, 0.5) is 13.2 Å². The molecule has 1 unspecified atom stereocenters. The molecule has 0 aliphatic heterocycles. The number of hydrogen-bond acceptors (Lipinski definition) is 3. The molecule has 21 heavy (non-hydrogen) atoms. The van der Waals surface area contributed by atoms with Gasteiger partial charge in [0.25, 0.3) is 0 Å². The molecule has 0 radical (unpaired) electrons. The summed E-state index contributed by atoms with van der Waals surface area (Å²) in [5.74, 6) is -1.07. The maximum atomic E-state index is 12.1. The zero-order valence-electron chi connectivity index (χ0n) is 11.4. The lowest BCUT2D eigenvalue weighted by Crippen LogP contribution is -2.37. The normalized spacial score (nSPS) is 19.6. The van der Waals surface area contributed by atoms with Gasteiger partial charge in [-0.15, -0.1) is 13.2 Å². The zero-order valence-corrected chi connectivity index (χ0v) is 11.4. The zero-order chi connectivity index (χ0) is 15.5. The van der Waals surface area contributed by atoms with E-state index in [1.54, 1.807) is 0 Å². The average molecular weight is 299 g/mol. The van der Waals surface area contributed by atoms with Crippen LogP contribution < -0.4 is 4.74 Å². The Morgan fingerprint density at radius 3 is 2.19 bits per heavy atom. The highest BCUT2D eigenvalue weighted by molar-refractivity contribution is 5.34. The number of hydrogen-bond donors (Lipinski definition) is 1. The van der Waals surface area contributed by atoms with Gasteiger partial charge in [0.05, 0.1) is 17.6 Å². The molecule has 1 aliphatic rings. The van der Waals surface area contributed by atoms with E-state index in [9.17, 15) is 23.5 Å². The Morgan fingerprint density at radius 2 is 1.71 bits per heavy atom. The molecule has 0 bridgehead atoms. The topological polar surface area (TPSA) is 53.2 Å². The van der Waals surface area contributed by atoms with Crippen LogP contribution in [0.5, 0.6) is 5.75 Å². The summed E-state index contributed by atoms with van der Waals surface area (Å²) >= 11 is 0. The lowest BCUT2D eigenvalue weighted by atomic mass is 9.73. The number of rotatable bonds is 3. The number of nitriles is 1. The lowest BCUT2D eigenvalue weighted by Gasteiger charge is -2.36. The fraction of sp³-hybridized carbons (Fsp3) is 0.533. The van der Waals surface area contributed by atoms with Crippen molar-refractivity contribution in [2.75, 3.05) is 0 Å². The molecule has 1 fully saturated rings. The van der Waals surface area contributed by atoms with Crippen LogP contribution in [-0.2, 0) is 0 Å². The van der Waals surface area contributed by atoms with Gasteiger partial charge in [0.15, 0.2) is 0 Å². The van der Waals surface area contributed by atoms with Gasteiger partial charge in [-0.05, 0) is 30.5 Å². The second-order valence-electron chi connectivity index (χ2n) is 5.34. The van der Waals surface area contributed by atoms with Crippen molar-refractivity contribution in [1.82, 2.24) is 0 Å². The number of halogens is 3. The number of benzene rings is 1. The van der Waals surface area contributed by atoms with Gasteiger partial charge in [0, 0.05) is 0 Å². The molecule has 0 saturated heterocycles. The first-order valence-corrected chi connectivity index (χ1v) is 6.82. The molecule has 1 N–H and O–H groups in total. The third kappa shape index (κ3) is 3.88. The molecule has 6 heteroatoms. The van der Waals surface area contributed by atoms with Crippen LogP contribution in [0.1, 0.15) is 43.6 Å². The van der Waals surface area contributed by atoms with Crippen molar-refractivity contribution in [2.24, 2.45) is 0 Å². The van der Waals surface area contributed by atoms with Gasteiger partial charge < -0.3 is 9.84 Å². The number of alkyl halides is 3. The summed E-state index contributed by atoms with van der Waals surface area (Å²) in [5, 5.41) is 19.9. The molecular weight excluding hydrogens is 283 g/mol. The second kappa shape index (κ2) is 5.94. The first-order chi connectivity index (χ1) is 9.84. The van der Waals surface area contributed by atoms with Crippen LogP contribution >= 0.6 is 0 Å². The average Bonchev–Trinajstić information content (AvgIpc) is 2.40. The molecule has 0 aromatic heterocycles. The van der Waals surface area contributed by atoms with E-state index in [1.165, 1.54) is 24.3 Å². The number of aliphatic hydroxyl groups is 1. The maximum Gasteiger partial charge on any atom is 0.573 e. The third-order valence-electron chi connectivity index (χ3n) is 3.83. The fourth-order valence-electron chi connectivity index (χ4n) is 2.82. The van der Waals surface area contributed by atoms with Crippen LogP contribution in [0.3, 0.4) is 0 Å². The van der Waals surface area contributed by atoms with Crippen LogP contribution in [-0.4, -0.2) is 17.1 Å². The van der Waals surface area contributed by atoms with Crippen molar-refractivity contribution in [3.63, 3.8) is 0 Å². The van der Waals surface area contributed by atoms with Crippen molar-refractivity contribution < 1.29 is 23.0 Å². The highest BCUT2D eigenvalue weighted by atomic mass is 19.4. The van der Waals surface area contributed by atoms with Crippen LogP contribution in [0.2, 0.25) is 0 Å². The van der Waals surface area contributed by atoms with E-state index in [2.05, 4.69) is 10.8 Å². The Balaban J connectivity index is 2.18. The van der Waals surface area contributed by atoms with Gasteiger partial charge in [0.1, 0.15) is 5.75 Å². The van der Waals surface area contributed by atoms with Crippen molar-refractivity contribution in [3.8, 4) is 11.8 Å². The maximum absolute atomic E-state index is 12.1. The molecule has 0 heterocycles. The molecule has 1 saturated carbocycles. The summed E-state index contributed by atoms with van der Waals surface area (Å²) in [6.07, 6.45) is -0.942. The van der Waals surface area contributed by atoms with E-state index >= 15 is 0 Å². The monoisotopic (exact) mass is 299 g/mol. The Kier molecular flexibility index (Phi) is 4.43. The minimum atomic E-state index is -4.74. The molecule has 0 amide bonds. The van der Waals surface area contributed by atoms with Gasteiger partial charge in [-0.2, -0.15) is 5.26 Å². The minimum absolute atomic E-state index is 0.335. The van der Waals surface area contributed by atoms with E-state index in [0.29, 0.717) is 18.4 Å². The molecular formula is C15H16F3NO2. The summed E-state index contributed by atoms with van der Waals surface area (Å²) in [6, 6.07) is 7.22. The van der Waals surface area contributed by atoms with Gasteiger partial charge >= 0.3 is 6.36 Å². The minimum Gasteiger partial charge on any atom is -0.406 e. The Labute approximate surface area is 121 Å². The second-order valence-corrected chi connectivity index (χ2v) is 5.34. The summed E-state index contributed by atoms with van der Waals surface area (Å²) in [4.78, 5) is 0. The number of ether oxygens (including phenoxy) is 1. The SMILES string of the molecule is N#CC(c1ccc(OC(F)(F)F)cc1)C1(O)CCCCC1. The first kappa shape index (κ1) is 15.6. The first-order valence-electron chi connectivity index (χ1n) is 6.82. The molecule has 1 aromatic rings. The molecule has 2 rings (SSSR count). The number of nitrogens with zero attached hydrogens (tertiary/aromatic N) is 1. The molecule has 1 aliphatic carbocycles. The molecule has 0 spiro atoms. The fourth-order valence-corrected chi connectivity index (χ4v) is 2.82. The molecule has 3 nitrogen and oxygen atoms in total. The van der Waals surface area contributed by atoms with E-state index in [-0.39, 0.29) is 5.75 Å². The quantitative estimate of drug-likeness (QED) is 0.921. The lowest BCUT2D eigenvalue weighted by molar-refractivity contribution is -0.274. The Morgan fingerprint density at radius 1 is 1.14 bits per heavy atom. The van der Waals surface area contributed by atoms with E-state index in [1.807, 2.05) is 0 Å². The smallest absolute Gasteiger partial charge is 0.406 e. The van der Waals surface area contributed by atoms with Crippen molar-refractivity contribution >= 4 is 0 Å². The van der Waals surface area contributed by atoms with Crippen molar-refractivity contribution in [2.45, 2.75) is 50.0 Å². The van der Waals surface area contributed by atoms with Crippen LogP contribution in [0.15, 0.2) is 24.3 Å². The van der Waals surface area contributed by atoms with E-state index < -0.39 is 17.9 Å². The third-order valence-corrected chi connectivity index (χ3v) is 3.83. The predicted molar refractivity (Wildman–Crippen MR) is 69.5 cm³/mol. The van der Waals surface area contributed by atoms with Gasteiger partial charge in [-0.3, -0.25) is 0 Å². The summed E-state index contributed by atoms with van der Waals surface area (Å²) in [7, 11) is 0. The largest absolute Gasteiger partial charge is 0.573 e. The Hall–Kier alpha value is -1.74. The van der Waals surface area contributed by atoms with E-state index in [0.717, 1.165) is 19.3 Å². The van der Waals surface area contributed by atoms with E-state index in [4.69, 9.17) is 0 Å². The standard InChI is InChI=1S/C15H16F3NO2/c16-15(17,18)21-12-6-4-11(5-7-12)13(10-19)14(20)8-2-1-3-9-14/h4-7,13,20H,1-3,8-9H2.